The number of benzene rings is 2. The molecule has 2 aromatic rings. The normalized spacial score (nSPS) is 10.6. The Kier molecular flexibility index (Phi) is 4.69. The summed E-state index contributed by atoms with van der Waals surface area (Å²) in [7, 11) is 0. The van der Waals surface area contributed by atoms with E-state index in [2.05, 4.69) is 5.32 Å². The summed E-state index contributed by atoms with van der Waals surface area (Å²) < 4.78 is 33.3. The van der Waals surface area contributed by atoms with Gasteiger partial charge < -0.3 is 10.1 Å². The highest BCUT2D eigenvalue weighted by atomic mass is 19.1. The van der Waals surface area contributed by atoms with E-state index < -0.39 is 11.6 Å². The molecule has 4 heteroatoms. The van der Waals surface area contributed by atoms with Gasteiger partial charge in [-0.2, -0.15) is 0 Å². The summed E-state index contributed by atoms with van der Waals surface area (Å²) in [5, 5.41) is 3.02. The summed E-state index contributed by atoms with van der Waals surface area (Å²) >= 11 is 0. The van der Waals surface area contributed by atoms with Crippen LogP contribution >= 0.6 is 0 Å². The highest BCUT2D eigenvalue weighted by molar-refractivity contribution is 5.39. The van der Waals surface area contributed by atoms with Crippen molar-refractivity contribution in [2.45, 2.75) is 20.4 Å². The molecule has 0 aromatic heterocycles. The molecule has 0 aliphatic heterocycles. The predicted octanol–water partition coefficient (Wildman–Crippen LogP) is 4.18. The van der Waals surface area contributed by atoms with Crippen molar-refractivity contribution in [1.82, 2.24) is 5.32 Å². The van der Waals surface area contributed by atoms with Crippen LogP contribution in [0.3, 0.4) is 0 Å². The first kappa shape index (κ1) is 14.5. The Hall–Kier alpha value is -1.94. The van der Waals surface area contributed by atoms with Gasteiger partial charge in [0, 0.05) is 6.54 Å². The minimum absolute atomic E-state index is 0.362. The van der Waals surface area contributed by atoms with Gasteiger partial charge in [0.1, 0.15) is 5.75 Å². The van der Waals surface area contributed by atoms with E-state index in [1.165, 1.54) is 12.1 Å². The Balaban J connectivity index is 2.27. The number of rotatable bonds is 5. The van der Waals surface area contributed by atoms with Crippen molar-refractivity contribution >= 4 is 0 Å². The number of para-hydroxylation sites is 1. The number of hydrogen-bond donors (Lipinski definition) is 1. The second-order valence-corrected chi connectivity index (χ2v) is 4.54. The van der Waals surface area contributed by atoms with Gasteiger partial charge in [-0.25, -0.2) is 8.78 Å². The molecular weight excluding hydrogens is 260 g/mol. The van der Waals surface area contributed by atoms with Crippen molar-refractivity contribution in [3.8, 4) is 11.5 Å². The van der Waals surface area contributed by atoms with Crippen LogP contribution in [-0.2, 0) is 6.54 Å². The molecule has 0 unspecified atom stereocenters. The van der Waals surface area contributed by atoms with Crippen molar-refractivity contribution in [3.05, 3.63) is 59.2 Å². The molecule has 20 heavy (non-hydrogen) atoms. The van der Waals surface area contributed by atoms with E-state index in [9.17, 15) is 8.78 Å². The Morgan fingerprint density at radius 2 is 1.75 bits per heavy atom. The third kappa shape index (κ3) is 3.33. The average Bonchev–Trinajstić information content (AvgIpc) is 2.42. The summed E-state index contributed by atoms with van der Waals surface area (Å²) in [6.07, 6.45) is 0. The topological polar surface area (TPSA) is 21.3 Å². The number of ether oxygens (including phenoxy) is 1. The highest BCUT2D eigenvalue weighted by Gasteiger charge is 2.14. The van der Waals surface area contributed by atoms with Crippen LogP contribution in [-0.4, -0.2) is 6.54 Å². The molecule has 0 radical (unpaired) electrons. The second-order valence-electron chi connectivity index (χ2n) is 4.54. The number of halogens is 2. The maximum absolute atomic E-state index is 14.0. The fourth-order valence-corrected chi connectivity index (χ4v) is 1.86. The van der Waals surface area contributed by atoms with Crippen LogP contribution < -0.4 is 10.1 Å². The van der Waals surface area contributed by atoms with E-state index in [4.69, 9.17) is 4.74 Å². The standard InChI is InChI=1S/C16H17F2NO/c1-3-19-10-12-8-13(17)16(14(18)9-12)20-15-7-5-4-6-11(15)2/h4-9,19H,3,10H2,1-2H3. The largest absolute Gasteiger partial charge is 0.451 e. The van der Waals surface area contributed by atoms with E-state index >= 15 is 0 Å². The van der Waals surface area contributed by atoms with Crippen molar-refractivity contribution in [1.29, 1.82) is 0 Å². The fourth-order valence-electron chi connectivity index (χ4n) is 1.86. The molecule has 0 bridgehead atoms. The molecule has 0 fully saturated rings. The van der Waals surface area contributed by atoms with Crippen molar-refractivity contribution < 1.29 is 13.5 Å². The van der Waals surface area contributed by atoms with Gasteiger partial charge >= 0.3 is 0 Å². The molecular formula is C16H17F2NO. The monoisotopic (exact) mass is 277 g/mol. The molecule has 106 valence electrons. The van der Waals surface area contributed by atoms with E-state index in [0.717, 1.165) is 12.1 Å². The van der Waals surface area contributed by atoms with Gasteiger partial charge in [0.2, 0.25) is 0 Å². The summed E-state index contributed by atoms with van der Waals surface area (Å²) in [5.74, 6) is -1.30. The van der Waals surface area contributed by atoms with Gasteiger partial charge in [0.05, 0.1) is 0 Å². The molecule has 0 saturated carbocycles. The number of nitrogens with one attached hydrogen (secondary N) is 1. The maximum Gasteiger partial charge on any atom is 0.198 e. The molecule has 0 heterocycles. The average molecular weight is 277 g/mol. The van der Waals surface area contributed by atoms with E-state index in [-0.39, 0.29) is 5.75 Å². The van der Waals surface area contributed by atoms with Crippen LogP contribution in [0.1, 0.15) is 18.1 Å². The van der Waals surface area contributed by atoms with Crippen LogP contribution in [0.15, 0.2) is 36.4 Å². The first-order valence-corrected chi connectivity index (χ1v) is 6.54. The zero-order chi connectivity index (χ0) is 14.5. The summed E-state index contributed by atoms with van der Waals surface area (Å²) in [5.41, 5.74) is 1.38. The Morgan fingerprint density at radius 1 is 1.10 bits per heavy atom. The van der Waals surface area contributed by atoms with Gasteiger partial charge in [-0.3, -0.25) is 0 Å². The zero-order valence-corrected chi connectivity index (χ0v) is 11.5. The Morgan fingerprint density at radius 3 is 2.35 bits per heavy atom. The van der Waals surface area contributed by atoms with Gasteiger partial charge in [0.15, 0.2) is 17.4 Å². The van der Waals surface area contributed by atoms with Crippen molar-refractivity contribution in [3.63, 3.8) is 0 Å². The maximum atomic E-state index is 14.0. The number of hydrogen-bond acceptors (Lipinski definition) is 2. The van der Waals surface area contributed by atoms with Gasteiger partial charge in [-0.15, -0.1) is 0 Å². The van der Waals surface area contributed by atoms with Crippen molar-refractivity contribution in [2.24, 2.45) is 0 Å². The van der Waals surface area contributed by atoms with E-state index in [0.29, 0.717) is 17.9 Å². The zero-order valence-electron chi connectivity index (χ0n) is 11.5. The lowest BCUT2D eigenvalue weighted by atomic mass is 10.2. The lowest BCUT2D eigenvalue weighted by molar-refractivity contribution is 0.404. The molecule has 2 aromatic carbocycles. The van der Waals surface area contributed by atoms with Crippen molar-refractivity contribution in [2.75, 3.05) is 6.54 Å². The molecule has 0 atom stereocenters. The third-order valence-corrected chi connectivity index (χ3v) is 2.94. The smallest absolute Gasteiger partial charge is 0.198 e. The predicted molar refractivity (Wildman–Crippen MR) is 75.0 cm³/mol. The van der Waals surface area contributed by atoms with Crippen LogP contribution in [0.4, 0.5) is 8.78 Å². The number of aryl methyl sites for hydroxylation is 1. The summed E-state index contributed by atoms with van der Waals surface area (Å²) in [6.45, 7) is 4.92. The first-order chi connectivity index (χ1) is 9.61. The molecule has 0 saturated heterocycles. The molecule has 0 amide bonds. The molecule has 2 nitrogen and oxygen atoms in total. The quantitative estimate of drug-likeness (QED) is 0.885. The van der Waals surface area contributed by atoms with E-state index in [1.807, 2.05) is 26.0 Å². The molecule has 0 aliphatic carbocycles. The molecule has 2 rings (SSSR count). The summed E-state index contributed by atoms with van der Waals surface area (Å²) in [4.78, 5) is 0. The van der Waals surface area contributed by atoms with Gasteiger partial charge in [-0.05, 0) is 42.8 Å². The molecule has 0 spiro atoms. The van der Waals surface area contributed by atoms with Crippen LogP contribution in [0.25, 0.3) is 0 Å². The van der Waals surface area contributed by atoms with Crippen LogP contribution in [0.5, 0.6) is 11.5 Å². The minimum atomic E-state index is -0.693. The third-order valence-electron chi connectivity index (χ3n) is 2.94. The molecule has 0 aliphatic rings. The Labute approximate surface area is 117 Å². The minimum Gasteiger partial charge on any atom is -0.451 e. The van der Waals surface area contributed by atoms with Gasteiger partial charge in [0.25, 0.3) is 0 Å². The van der Waals surface area contributed by atoms with Gasteiger partial charge in [-0.1, -0.05) is 25.1 Å². The lowest BCUT2D eigenvalue weighted by Gasteiger charge is -2.11. The Bertz CT molecular complexity index is 576. The van der Waals surface area contributed by atoms with Crippen LogP contribution in [0.2, 0.25) is 0 Å². The van der Waals surface area contributed by atoms with Crippen LogP contribution in [0, 0.1) is 18.6 Å². The molecule has 1 N–H and O–H groups in total. The lowest BCUT2D eigenvalue weighted by Crippen LogP contribution is -2.12. The SMILES string of the molecule is CCNCc1cc(F)c(Oc2ccccc2C)c(F)c1. The van der Waals surface area contributed by atoms with E-state index in [1.54, 1.807) is 12.1 Å². The second kappa shape index (κ2) is 6.48. The first-order valence-electron chi connectivity index (χ1n) is 6.54. The summed E-state index contributed by atoms with van der Waals surface area (Å²) in [6, 6.07) is 9.69. The highest BCUT2D eigenvalue weighted by Crippen LogP contribution is 2.30. The fraction of sp³-hybridized carbons (Fsp3) is 0.250.